The Morgan fingerprint density at radius 3 is 1.21 bits per heavy atom. The molecule has 9 rings (SSSR count). The van der Waals surface area contributed by atoms with E-state index in [1.165, 1.54) is 55.2 Å². The van der Waals surface area contributed by atoms with Crippen molar-refractivity contribution in [2.24, 2.45) is 0 Å². The fraction of sp³-hybridized carbons (Fsp3) is 0.0400. The molecule has 1 aliphatic rings. The summed E-state index contributed by atoms with van der Waals surface area (Å²) >= 11 is 0. The largest absolute Gasteiger partial charge is 0.310 e. The second kappa shape index (κ2) is 13.9. The second-order valence-corrected chi connectivity index (χ2v) is 13.2. The Labute approximate surface area is 305 Å². The zero-order valence-electron chi connectivity index (χ0n) is 28.9. The van der Waals surface area contributed by atoms with Crippen LogP contribution in [-0.2, 0) is 0 Å². The maximum atomic E-state index is 2.49. The van der Waals surface area contributed by atoms with E-state index < -0.39 is 0 Å². The lowest BCUT2D eigenvalue weighted by molar-refractivity contribution is 0.999. The van der Waals surface area contributed by atoms with Crippen LogP contribution in [0.15, 0.2) is 212 Å². The molecule has 0 spiro atoms. The summed E-state index contributed by atoms with van der Waals surface area (Å²) in [6.07, 6.45) is 9.04. The van der Waals surface area contributed by atoms with Gasteiger partial charge in [0.2, 0.25) is 0 Å². The van der Waals surface area contributed by atoms with Gasteiger partial charge in [-0.3, -0.25) is 0 Å². The predicted octanol–water partition coefficient (Wildman–Crippen LogP) is 14.2. The lowest BCUT2D eigenvalue weighted by Crippen LogP contribution is -2.18. The fourth-order valence-corrected chi connectivity index (χ4v) is 7.63. The molecule has 0 amide bonds. The summed E-state index contributed by atoms with van der Waals surface area (Å²) in [5, 5.41) is 4.77. The first-order valence-electron chi connectivity index (χ1n) is 18.1. The molecule has 0 N–H and O–H groups in total. The Balaban J connectivity index is 1.33. The van der Waals surface area contributed by atoms with Crippen molar-refractivity contribution in [1.29, 1.82) is 0 Å². The Kier molecular flexibility index (Phi) is 8.40. The van der Waals surface area contributed by atoms with Gasteiger partial charge in [0.15, 0.2) is 0 Å². The molecule has 0 heterocycles. The second-order valence-electron chi connectivity index (χ2n) is 13.2. The van der Waals surface area contributed by atoms with Gasteiger partial charge < -0.3 is 9.80 Å². The maximum absolute atomic E-state index is 2.49. The minimum Gasteiger partial charge on any atom is -0.310 e. The van der Waals surface area contributed by atoms with Gasteiger partial charge in [0, 0.05) is 44.3 Å². The lowest BCUT2D eigenvalue weighted by atomic mass is 9.94. The molecule has 0 unspecified atom stereocenters. The van der Waals surface area contributed by atoms with E-state index in [2.05, 4.69) is 216 Å². The van der Waals surface area contributed by atoms with E-state index in [0.717, 1.165) is 35.6 Å². The summed E-state index contributed by atoms with van der Waals surface area (Å²) in [6.45, 7) is 0. The molecule has 248 valence electrons. The van der Waals surface area contributed by atoms with E-state index in [4.69, 9.17) is 0 Å². The van der Waals surface area contributed by atoms with Crippen LogP contribution in [-0.4, -0.2) is 0 Å². The number of allylic oxidation sites excluding steroid dienone is 3. The summed E-state index contributed by atoms with van der Waals surface area (Å²) in [6, 6.07) is 67.9. The fourth-order valence-electron chi connectivity index (χ4n) is 7.63. The molecule has 1 aliphatic carbocycles. The van der Waals surface area contributed by atoms with Gasteiger partial charge in [-0.15, -0.1) is 0 Å². The highest BCUT2D eigenvalue weighted by Gasteiger charge is 2.26. The minimum absolute atomic E-state index is 1.01. The molecule has 0 bridgehead atoms. The van der Waals surface area contributed by atoms with Crippen LogP contribution >= 0.6 is 0 Å². The van der Waals surface area contributed by atoms with Gasteiger partial charge in [-0.05, 0) is 77.6 Å². The van der Waals surface area contributed by atoms with Crippen molar-refractivity contribution in [1.82, 2.24) is 0 Å². The molecule has 0 aliphatic heterocycles. The van der Waals surface area contributed by atoms with Gasteiger partial charge >= 0.3 is 0 Å². The Hall–Kier alpha value is -6.64. The normalized spacial score (nSPS) is 12.5. The van der Waals surface area contributed by atoms with Crippen molar-refractivity contribution < 1.29 is 0 Å². The monoisotopic (exact) mass is 666 g/mol. The topological polar surface area (TPSA) is 6.48 Å². The van der Waals surface area contributed by atoms with Gasteiger partial charge in [0.25, 0.3) is 0 Å². The summed E-state index contributed by atoms with van der Waals surface area (Å²) in [5.41, 5.74) is 11.7. The number of para-hydroxylation sites is 1. The van der Waals surface area contributed by atoms with Crippen LogP contribution in [0.25, 0.3) is 43.8 Å². The lowest BCUT2D eigenvalue weighted by Gasteiger charge is -2.34. The van der Waals surface area contributed by atoms with E-state index in [1.807, 2.05) is 0 Å². The average Bonchev–Trinajstić information content (AvgIpc) is 3.23. The number of hydrogen-bond donors (Lipinski definition) is 0. The van der Waals surface area contributed by atoms with Gasteiger partial charge in [-0.25, -0.2) is 0 Å². The predicted molar refractivity (Wildman–Crippen MR) is 222 cm³/mol. The van der Waals surface area contributed by atoms with E-state index in [9.17, 15) is 0 Å². The van der Waals surface area contributed by atoms with Crippen molar-refractivity contribution >= 4 is 50.0 Å². The van der Waals surface area contributed by atoms with Crippen LogP contribution in [0.1, 0.15) is 12.8 Å². The van der Waals surface area contributed by atoms with Gasteiger partial charge in [0.1, 0.15) is 0 Å². The molecule has 8 aromatic rings. The van der Waals surface area contributed by atoms with Crippen LogP contribution in [0, 0.1) is 0 Å². The first kappa shape index (κ1) is 31.3. The molecule has 2 nitrogen and oxygen atoms in total. The van der Waals surface area contributed by atoms with Crippen LogP contribution < -0.4 is 9.80 Å². The number of benzene rings is 8. The first-order chi connectivity index (χ1) is 25.8. The Morgan fingerprint density at radius 2 is 0.731 bits per heavy atom. The number of rotatable bonds is 8. The third kappa shape index (κ3) is 5.85. The standard InChI is InChI=1S/C50H38N2/c1-5-19-37(20-6-1)39-23-17-29-43(35-39)51(41-25-9-3-10-26-41)49-45-31-13-15-33-47(45)50(48-34-16-14-32-46(48)49)52(42-27-11-4-12-28-42)44-30-18-24-40(36-44)38-21-7-2-8-22-38/h1-3,5-11,13-36H,4,12H2. The van der Waals surface area contributed by atoms with Crippen molar-refractivity contribution in [3.05, 3.63) is 212 Å². The molecular weight excluding hydrogens is 629 g/mol. The maximum Gasteiger partial charge on any atom is 0.0619 e. The SMILES string of the molecule is C1=CC(N(c2cccc(-c3ccccc3)c2)c2c3ccccc3c(N(c3ccccc3)c3cccc(-c4ccccc4)c3)c3ccccc23)=CCC1. The molecule has 0 saturated carbocycles. The molecule has 0 aromatic heterocycles. The summed E-state index contributed by atoms with van der Waals surface area (Å²) in [7, 11) is 0. The number of nitrogens with zero attached hydrogens (tertiary/aromatic N) is 2. The van der Waals surface area contributed by atoms with Gasteiger partial charge in [0.05, 0.1) is 11.4 Å². The number of hydrogen-bond acceptors (Lipinski definition) is 2. The number of anilines is 5. The summed E-state index contributed by atoms with van der Waals surface area (Å²) in [5.74, 6) is 0. The van der Waals surface area contributed by atoms with Gasteiger partial charge in [-0.2, -0.15) is 0 Å². The third-order valence-electron chi connectivity index (χ3n) is 9.99. The Morgan fingerprint density at radius 1 is 0.327 bits per heavy atom. The van der Waals surface area contributed by atoms with E-state index in [1.54, 1.807) is 0 Å². The smallest absolute Gasteiger partial charge is 0.0619 e. The molecule has 52 heavy (non-hydrogen) atoms. The van der Waals surface area contributed by atoms with Crippen LogP contribution in [0.3, 0.4) is 0 Å². The van der Waals surface area contributed by atoms with Crippen LogP contribution in [0.4, 0.5) is 28.4 Å². The molecule has 0 fully saturated rings. The third-order valence-corrected chi connectivity index (χ3v) is 9.99. The highest BCUT2D eigenvalue weighted by Crippen LogP contribution is 2.50. The van der Waals surface area contributed by atoms with Gasteiger partial charge in [-0.1, -0.05) is 164 Å². The van der Waals surface area contributed by atoms with Crippen molar-refractivity contribution in [3.63, 3.8) is 0 Å². The van der Waals surface area contributed by atoms with Crippen molar-refractivity contribution in [3.8, 4) is 22.3 Å². The quantitative estimate of drug-likeness (QED) is 0.118. The average molecular weight is 667 g/mol. The molecular formula is C50H38N2. The van der Waals surface area contributed by atoms with Crippen LogP contribution in [0.5, 0.6) is 0 Å². The van der Waals surface area contributed by atoms with Crippen molar-refractivity contribution in [2.75, 3.05) is 9.80 Å². The zero-order chi connectivity index (χ0) is 34.7. The summed E-state index contributed by atoms with van der Waals surface area (Å²) < 4.78 is 0. The first-order valence-corrected chi connectivity index (χ1v) is 18.1. The van der Waals surface area contributed by atoms with E-state index >= 15 is 0 Å². The molecule has 2 heteroatoms. The molecule has 0 saturated heterocycles. The minimum atomic E-state index is 1.01. The molecule has 0 radical (unpaired) electrons. The highest BCUT2D eigenvalue weighted by atomic mass is 15.2. The van der Waals surface area contributed by atoms with E-state index in [-0.39, 0.29) is 0 Å². The highest BCUT2D eigenvalue weighted by molar-refractivity contribution is 6.23. The summed E-state index contributed by atoms with van der Waals surface area (Å²) in [4.78, 5) is 4.93. The Bertz CT molecular complexity index is 2510. The van der Waals surface area contributed by atoms with Crippen LogP contribution in [0.2, 0.25) is 0 Å². The zero-order valence-corrected chi connectivity index (χ0v) is 28.9. The molecule has 8 aromatic carbocycles. The molecule has 0 atom stereocenters. The number of fused-ring (bicyclic) bond motifs is 2. The van der Waals surface area contributed by atoms with Crippen molar-refractivity contribution in [2.45, 2.75) is 12.8 Å². The van der Waals surface area contributed by atoms with E-state index in [0.29, 0.717) is 0 Å².